The van der Waals surface area contributed by atoms with Crippen molar-refractivity contribution in [3.05, 3.63) is 100 Å². The maximum Gasteiger partial charge on any atom is 0.261 e. The molecule has 192 valence electrons. The fraction of sp³-hybridized carbons (Fsp3) is 0.333. The van der Waals surface area contributed by atoms with Crippen molar-refractivity contribution >= 4 is 29.1 Å². The molecular weight excluding hydrogens is 488 g/mol. The molecule has 0 saturated carbocycles. The van der Waals surface area contributed by atoms with E-state index in [-0.39, 0.29) is 11.8 Å². The smallest absolute Gasteiger partial charge is 0.261 e. The molecule has 2 aromatic carbocycles. The van der Waals surface area contributed by atoms with Crippen molar-refractivity contribution in [2.24, 2.45) is 0 Å². The lowest BCUT2D eigenvalue weighted by atomic mass is 10.0. The summed E-state index contributed by atoms with van der Waals surface area (Å²) in [5.74, 6) is -0.383. The number of nitrogens with zero attached hydrogens (tertiary/aromatic N) is 2. The molecular formula is C30H31ClN2O4. The summed E-state index contributed by atoms with van der Waals surface area (Å²) in [6.45, 7) is 1.97. The third-order valence-electron chi connectivity index (χ3n) is 7.02. The number of carbonyl (C=O) groups excluding carboxylic acids is 2. The standard InChI is InChI=1S/C30H31ClN2O4/c1-36-28(31)20-37-19-21-12-13-23-15-14-22-8-2-5-11-26(22)32(27(23)18-21)16-6-7-17-33-29(34)24-9-3-4-10-25(24)30(33)35/h2-5,9-14,18,28H,6-8,15-17,19-20H2,1H3. The van der Waals surface area contributed by atoms with Crippen molar-refractivity contribution in [1.82, 2.24) is 4.90 Å². The zero-order valence-electron chi connectivity index (χ0n) is 21.0. The van der Waals surface area contributed by atoms with Crippen LogP contribution in [0.15, 0.2) is 78.0 Å². The largest absolute Gasteiger partial charge is 0.373 e. The van der Waals surface area contributed by atoms with E-state index < -0.39 is 5.56 Å². The number of hydrogen-bond donors (Lipinski definition) is 0. The average Bonchev–Trinajstić information content (AvgIpc) is 3.07. The minimum Gasteiger partial charge on any atom is -0.373 e. The van der Waals surface area contributed by atoms with Crippen LogP contribution in [0.3, 0.4) is 0 Å². The van der Waals surface area contributed by atoms with Gasteiger partial charge in [0.05, 0.1) is 24.3 Å². The number of imide groups is 1. The molecule has 0 aromatic heterocycles. The molecule has 2 heterocycles. The lowest BCUT2D eigenvalue weighted by Gasteiger charge is -2.30. The molecule has 3 aliphatic rings. The van der Waals surface area contributed by atoms with E-state index in [0.29, 0.717) is 30.9 Å². The highest BCUT2D eigenvalue weighted by molar-refractivity contribution is 6.21. The number of alkyl halides is 1. The second-order valence-corrected chi connectivity index (χ2v) is 9.89. The van der Waals surface area contributed by atoms with Gasteiger partial charge < -0.3 is 14.4 Å². The summed E-state index contributed by atoms with van der Waals surface area (Å²) in [6, 6.07) is 13.5. The van der Waals surface area contributed by atoms with Gasteiger partial charge >= 0.3 is 0 Å². The normalized spacial score (nSPS) is 17.1. The Morgan fingerprint density at radius 3 is 2.43 bits per heavy atom. The van der Waals surface area contributed by atoms with Gasteiger partial charge in [-0.25, -0.2) is 0 Å². The second-order valence-electron chi connectivity index (χ2n) is 9.41. The van der Waals surface area contributed by atoms with Crippen molar-refractivity contribution < 1.29 is 19.1 Å². The number of amides is 2. The van der Waals surface area contributed by atoms with E-state index in [1.165, 1.54) is 27.4 Å². The molecule has 1 unspecified atom stereocenters. The number of halogens is 1. The van der Waals surface area contributed by atoms with E-state index >= 15 is 0 Å². The van der Waals surface area contributed by atoms with E-state index in [4.69, 9.17) is 21.1 Å². The molecule has 6 nitrogen and oxygen atoms in total. The van der Waals surface area contributed by atoms with Crippen LogP contribution in [0.4, 0.5) is 5.69 Å². The van der Waals surface area contributed by atoms with Gasteiger partial charge in [-0.2, -0.15) is 0 Å². The Bertz CT molecular complexity index is 1250. The number of methoxy groups -OCH3 is 1. The minimum atomic E-state index is -0.467. The van der Waals surface area contributed by atoms with Crippen LogP contribution in [0.25, 0.3) is 0 Å². The molecule has 1 aliphatic carbocycles. The maximum absolute atomic E-state index is 12.7. The van der Waals surface area contributed by atoms with E-state index in [1.807, 2.05) is 0 Å². The Hall–Kier alpha value is -3.19. The van der Waals surface area contributed by atoms with Gasteiger partial charge in [0.2, 0.25) is 0 Å². The first-order chi connectivity index (χ1) is 18.1. The van der Waals surface area contributed by atoms with Gasteiger partial charge in [0.15, 0.2) is 5.56 Å². The summed E-state index contributed by atoms with van der Waals surface area (Å²) in [5, 5.41) is 0. The summed E-state index contributed by atoms with van der Waals surface area (Å²) >= 11 is 6.01. The molecule has 0 fully saturated rings. The Morgan fingerprint density at radius 1 is 0.973 bits per heavy atom. The number of benzene rings is 2. The minimum absolute atomic E-state index is 0.191. The zero-order valence-corrected chi connectivity index (χ0v) is 21.7. The van der Waals surface area contributed by atoms with Gasteiger partial charge in [-0.3, -0.25) is 14.5 Å². The first-order valence-electron chi connectivity index (χ1n) is 12.7. The van der Waals surface area contributed by atoms with E-state index in [1.54, 1.807) is 31.4 Å². The molecule has 2 aromatic rings. The number of fused-ring (bicyclic) bond motifs is 3. The van der Waals surface area contributed by atoms with Crippen LogP contribution in [-0.2, 0) is 22.5 Å². The van der Waals surface area contributed by atoms with Crippen LogP contribution < -0.4 is 4.90 Å². The van der Waals surface area contributed by atoms with Gasteiger partial charge in [-0.05, 0) is 66.7 Å². The van der Waals surface area contributed by atoms with Gasteiger partial charge in [0.25, 0.3) is 11.8 Å². The summed E-state index contributed by atoms with van der Waals surface area (Å²) in [6.07, 6.45) is 12.1. The van der Waals surface area contributed by atoms with Crippen molar-refractivity contribution in [3.63, 3.8) is 0 Å². The van der Waals surface area contributed by atoms with Crippen molar-refractivity contribution in [2.75, 3.05) is 31.7 Å². The second kappa shape index (κ2) is 11.5. The van der Waals surface area contributed by atoms with Crippen LogP contribution in [0.2, 0.25) is 0 Å². The molecule has 0 radical (unpaired) electrons. The SMILES string of the molecule is COC(Cl)COCc1ccc2c(c1)N(CCCCN1C(=O)c3ccccc3C1=O)C1=CC=CCC1=CC2. The van der Waals surface area contributed by atoms with Crippen molar-refractivity contribution in [3.8, 4) is 0 Å². The summed E-state index contributed by atoms with van der Waals surface area (Å²) in [5.41, 5.74) is 6.58. The monoisotopic (exact) mass is 518 g/mol. The molecule has 7 heteroatoms. The summed E-state index contributed by atoms with van der Waals surface area (Å²) < 4.78 is 10.8. The van der Waals surface area contributed by atoms with Gasteiger partial charge in [-0.15, -0.1) is 0 Å². The lowest BCUT2D eigenvalue weighted by molar-refractivity contribution is 0.0415. The number of carbonyl (C=O) groups is 2. The number of rotatable bonds is 10. The first kappa shape index (κ1) is 25.5. The van der Waals surface area contributed by atoms with E-state index in [0.717, 1.165) is 37.8 Å². The van der Waals surface area contributed by atoms with Crippen LogP contribution in [0, 0.1) is 0 Å². The average molecular weight is 519 g/mol. The van der Waals surface area contributed by atoms with Crippen LogP contribution in [-0.4, -0.2) is 49.1 Å². The van der Waals surface area contributed by atoms with Crippen LogP contribution in [0.5, 0.6) is 0 Å². The molecule has 2 amide bonds. The fourth-order valence-corrected chi connectivity index (χ4v) is 5.15. The highest BCUT2D eigenvalue weighted by Crippen LogP contribution is 2.36. The topological polar surface area (TPSA) is 59.1 Å². The predicted octanol–water partition coefficient (Wildman–Crippen LogP) is 5.62. The van der Waals surface area contributed by atoms with E-state index in [9.17, 15) is 9.59 Å². The molecule has 0 saturated heterocycles. The highest BCUT2D eigenvalue weighted by Gasteiger charge is 2.34. The molecule has 5 rings (SSSR count). The number of hydrogen-bond acceptors (Lipinski definition) is 5. The number of ether oxygens (including phenoxy) is 2. The third-order valence-corrected chi connectivity index (χ3v) is 7.33. The third kappa shape index (κ3) is 5.42. The molecule has 0 N–H and O–H groups in total. The molecule has 0 spiro atoms. The summed E-state index contributed by atoms with van der Waals surface area (Å²) in [7, 11) is 1.56. The molecule has 0 bridgehead atoms. The van der Waals surface area contributed by atoms with Gasteiger partial charge in [0, 0.05) is 31.6 Å². The maximum atomic E-state index is 12.7. The number of allylic oxidation sites excluding steroid dienone is 5. The number of anilines is 1. The fourth-order valence-electron chi connectivity index (χ4n) is 5.06. The van der Waals surface area contributed by atoms with E-state index in [2.05, 4.69) is 47.4 Å². The predicted molar refractivity (Wildman–Crippen MR) is 145 cm³/mol. The van der Waals surface area contributed by atoms with Gasteiger partial charge in [-0.1, -0.05) is 54.1 Å². The Labute approximate surface area is 222 Å². The van der Waals surface area contributed by atoms with Crippen molar-refractivity contribution in [1.29, 1.82) is 0 Å². The Balaban J connectivity index is 1.29. The Morgan fingerprint density at radius 2 is 1.70 bits per heavy atom. The zero-order chi connectivity index (χ0) is 25.8. The molecule has 1 atom stereocenters. The Kier molecular flexibility index (Phi) is 7.89. The first-order valence-corrected chi connectivity index (χ1v) is 13.2. The summed E-state index contributed by atoms with van der Waals surface area (Å²) in [4.78, 5) is 29.2. The quantitative estimate of drug-likeness (QED) is 0.232. The molecule has 37 heavy (non-hydrogen) atoms. The van der Waals surface area contributed by atoms with Crippen molar-refractivity contribution in [2.45, 2.75) is 37.9 Å². The van der Waals surface area contributed by atoms with Crippen LogP contribution >= 0.6 is 11.6 Å². The van der Waals surface area contributed by atoms with Gasteiger partial charge in [0.1, 0.15) is 0 Å². The van der Waals surface area contributed by atoms with Crippen LogP contribution in [0.1, 0.15) is 51.1 Å². The molecule has 2 aliphatic heterocycles. The highest BCUT2D eigenvalue weighted by atomic mass is 35.5. The lowest BCUT2D eigenvalue weighted by Crippen LogP contribution is -2.32. The number of unbranched alkanes of at least 4 members (excludes halogenated alkanes) is 1.